The Balaban J connectivity index is 2.08. The van der Waals surface area contributed by atoms with E-state index in [2.05, 4.69) is 15.9 Å². The molecule has 1 atom stereocenters. The van der Waals surface area contributed by atoms with Crippen LogP contribution in [0.5, 0.6) is 5.75 Å². The molecule has 96 valence electrons. The molecule has 1 aliphatic rings. The van der Waals surface area contributed by atoms with Crippen molar-refractivity contribution in [1.29, 1.82) is 0 Å². The predicted octanol–water partition coefficient (Wildman–Crippen LogP) is 3.72. The van der Waals surface area contributed by atoms with Crippen LogP contribution in [0.3, 0.4) is 0 Å². The monoisotopic (exact) mass is 316 g/mol. The van der Waals surface area contributed by atoms with Gasteiger partial charge >= 0.3 is 0 Å². The summed E-state index contributed by atoms with van der Waals surface area (Å²) >= 11 is 3.66. The van der Waals surface area contributed by atoms with Crippen LogP contribution < -0.4 is 4.74 Å². The number of alkyl halides is 1. The highest BCUT2D eigenvalue weighted by molar-refractivity contribution is 9.10. The number of fused-ring (bicyclic) bond motifs is 1. The topological polar surface area (TPSA) is 26.3 Å². The van der Waals surface area contributed by atoms with Crippen molar-refractivity contribution in [3.05, 3.63) is 65.2 Å². The van der Waals surface area contributed by atoms with Gasteiger partial charge in [-0.1, -0.05) is 52.3 Å². The van der Waals surface area contributed by atoms with E-state index in [0.29, 0.717) is 6.42 Å². The third kappa shape index (κ3) is 1.89. The number of Topliss-reactive ketones (excluding diaryl/α,β-unsaturated/α-hetero) is 1. The van der Waals surface area contributed by atoms with Crippen LogP contribution in [0, 0.1) is 0 Å². The summed E-state index contributed by atoms with van der Waals surface area (Å²) in [4.78, 5) is 12.7. The quantitative estimate of drug-likeness (QED) is 0.789. The SMILES string of the molecule is COc1ccc2c(c1)C(=O)C(Br)(c1ccccc1)C2. The average Bonchev–Trinajstić information content (AvgIpc) is 2.72. The van der Waals surface area contributed by atoms with Crippen LogP contribution in [0.1, 0.15) is 21.5 Å². The van der Waals surface area contributed by atoms with Crippen molar-refractivity contribution >= 4 is 21.7 Å². The van der Waals surface area contributed by atoms with Gasteiger partial charge < -0.3 is 4.74 Å². The van der Waals surface area contributed by atoms with E-state index >= 15 is 0 Å². The van der Waals surface area contributed by atoms with Gasteiger partial charge in [-0.3, -0.25) is 4.79 Å². The normalized spacial score (nSPS) is 21.3. The van der Waals surface area contributed by atoms with E-state index in [1.54, 1.807) is 7.11 Å². The Kier molecular flexibility index (Phi) is 2.94. The minimum atomic E-state index is -0.636. The molecule has 1 unspecified atom stereocenters. The van der Waals surface area contributed by atoms with Gasteiger partial charge in [-0.05, 0) is 29.7 Å². The van der Waals surface area contributed by atoms with Crippen molar-refractivity contribution < 1.29 is 9.53 Å². The predicted molar refractivity (Wildman–Crippen MR) is 78.1 cm³/mol. The molecule has 0 radical (unpaired) electrons. The molecule has 1 aliphatic carbocycles. The van der Waals surface area contributed by atoms with Crippen molar-refractivity contribution in [1.82, 2.24) is 0 Å². The zero-order chi connectivity index (χ0) is 13.5. The maximum Gasteiger partial charge on any atom is 0.184 e. The number of benzene rings is 2. The third-order valence-electron chi connectivity index (χ3n) is 3.59. The molecule has 3 heteroatoms. The average molecular weight is 317 g/mol. The number of carbonyl (C=O) groups is 1. The number of halogens is 1. The molecule has 0 saturated heterocycles. The van der Waals surface area contributed by atoms with E-state index in [4.69, 9.17) is 4.74 Å². The molecular weight excluding hydrogens is 304 g/mol. The minimum Gasteiger partial charge on any atom is -0.497 e. The summed E-state index contributed by atoms with van der Waals surface area (Å²) < 4.78 is 4.56. The number of hydrogen-bond donors (Lipinski definition) is 0. The molecule has 0 bridgehead atoms. The molecule has 2 aromatic rings. The van der Waals surface area contributed by atoms with Crippen LogP contribution >= 0.6 is 15.9 Å². The lowest BCUT2D eigenvalue weighted by molar-refractivity contribution is 0.0960. The summed E-state index contributed by atoms with van der Waals surface area (Å²) in [6.07, 6.45) is 0.676. The number of carbonyl (C=O) groups excluding carboxylic acids is 1. The van der Waals surface area contributed by atoms with Crippen LogP contribution in [-0.2, 0) is 10.7 Å². The lowest BCUT2D eigenvalue weighted by atomic mass is 9.95. The van der Waals surface area contributed by atoms with E-state index in [0.717, 1.165) is 22.4 Å². The Morgan fingerprint density at radius 2 is 1.89 bits per heavy atom. The molecule has 2 aromatic carbocycles. The lowest BCUT2D eigenvalue weighted by Crippen LogP contribution is -2.25. The first kappa shape index (κ1) is 12.4. The summed E-state index contributed by atoms with van der Waals surface area (Å²) in [6, 6.07) is 15.5. The van der Waals surface area contributed by atoms with Crippen LogP contribution in [0.2, 0.25) is 0 Å². The van der Waals surface area contributed by atoms with Crippen molar-refractivity contribution in [3.63, 3.8) is 0 Å². The molecule has 0 heterocycles. The van der Waals surface area contributed by atoms with Crippen LogP contribution in [0.25, 0.3) is 0 Å². The summed E-state index contributed by atoms with van der Waals surface area (Å²) in [6.45, 7) is 0. The summed E-state index contributed by atoms with van der Waals surface area (Å²) in [5.74, 6) is 0.824. The Morgan fingerprint density at radius 1 is 1.16 bits per heavy atom. The summed E-state index contributed by atoms with van der Waals surface area (Å²) in [5.41, 5.74) is 2.81. The first-order valence-corrected chi connectivity index (χ1v) is 6.90. The molecule has 2 nitrogen and oxygen atoms in total. The molecule has 19 heavy (non-hydrogen) atoms. The largest absolute Gasteiger partial charge is 0.497 e. The first-order valence-electron chi connectivity index (χ1n) is 6.11. The standard InChI is InChI=1S/C16H13BrO2/c1-19-13-8-7-11-10-16(17,15(18)14(11)9-13)12-5-3-2-4-6-12/h2-9H,10H2,1H3. The van der Waals surface area contributed by atoms with Crippen LogP contribution in [0.15, 0.2) is 48.5 Å². The maximum absolute atomic E-state index is 12.7. The van der Waals surface area contributed by atoms with Crippen molar-refractivity contribution in [3.8, 4) is 5.75 Å². The second-order valence-corrected chi connectivity index (χ2v) is 6.05. The lowest BCUT2D eigenvalue weighted by Gasteiger charge is -2.20. The fourth-order valence-corrected chi connectivity index (χ4v) is 3.32. The van der Waals surface area contributed by atoms with Gasteiger partial charge in [-0.2, -0.15) is 0 Å². The Hall–Kier alpha value is -1.61. The zero-order valence-electron chi connectivity index (χ0n) is 10.5. The molecule has 0 fully saturated rings. The molecule has 0 N–H and O–H groups in total. The van der Waals surface area contributed by atoms with Crippen molar-refractivity contribution in [2.24, 2.45) is 0 Å². The number of rotatable bonds is 2. The highest BCUT2D eigenvalue weighted by Crippen LogP contribution is 2.45. The fraction of sp³-hybridized carbons (Fsp3) is 0.188. The van der Waals surface area contributed by atoms with E-state index in [1.165, 1.54) is 0 Å². The maximum atomic E-state index is 12.7. The van der Waals surface area contributed by atoms with E-state index in [1.807, 2.05) is 48.5 Å². The fourth-order valence-electron chi connectivity index (χ4n) is 2.54. The van der Waals surface area contributed by atoms with Gasteiger partial charge in [0.15, 0.2) is 5.78 Å². The molecular formula is C16H13BrO2. The van der Waals surface area contributed by atoms with Gasteiger partial charge in [0.25, 0.3) is 0 Å². The van der Waals surface area contributed by atoms with Gasteiger partial charge in [0.05, 0.1) is 7.11 Å². The molecule has 0 amide bonds. The Labute approximate surface area is 120 Å². The van der Waals surface area contributed by atoms with Crippen molar-refractivity contribution in [2.45, 2.75) is 10.7 Å². The summed E-state index contributed by atoms with van der Waals surface area (Å²) in [7, 11) is 1.61. The van der Waals surface area contributed by atoms with Gasteiger partial charge in [0, 0.05) is 5.56 Å². The Bertz CT molecular complexity index is 636. The molecule has 0 saturated carbocycles. The highest BCUT2D eigenvalue weighted by atomic mass is 79.9. The molecule has 0 spiro atoms. The second kappa shape index (κ2) is 4.49. The smallest absolute Gasteiger partial charge is 0.184 e. The highest BCUT2D eigenvalue weighted by Gasteiger charge is 2.44. The van der Waals surface area contributed by atoms with Gasteiger partial charge in [0.1, 0.15) is 10.1 Å². The van der Waals surface area contributed by atoms with E-state index in [-0.39, 0.29) is 5.78 Å². The number of hydrogen-bond acceptors (Lipinski definition) is 2. The third-order valence-corrected chi connectivity index (χ3v) is 4.69. The van der Waals surface area contributed by atoms with Crippen LogP contribution in [0.4, 0.5) is 0 Å². The van der Waals surface area contributed by atoms with Gasteiger partial charge in [0.2, 0.25) is 0 Å². The minimum absolute atomic E-state index is 0.104. The second-order valence-electron chi connectivity index (χ2n) is 4.70. The van der Waals surface area contributed by atoms with Crippen LogP contribution in [-0.4, -0.2) is 12.9 Å². The van der Waals surface area contributed by atoms with E-state index in [9.17, 15) is 4.79 Å². The zero-order valence-corrected chi connectivity index (χ0v) is 12.1. The summed E-state index contributed by atoms with van der Waals surface area (Å²) in [5, 5.41) is 0. The Morgan fingerprint density at radius 3 is 2.58 bits per heavy atom. The van der Waals surface area contributed by atoms with Crippen molar-refractivity contribution in [2.75, 3.05) is 7.11 Å². The molecule has 3 rings (SSSR count). The van der Waals surface area contributed by atoms with Gasteiger partial charge in [-0.25, -0.2) is 0 Å². The number of methoxy groups -OCH3 is 1. The first-order chi connectivity index (χ1) is 9.15. The van der Waals surface area contributed by atoms with E-state index < -0.39 is 4.32 Å². The molecule has 0 aromatic heterocycles. The number of ketones is 1. The number of ether oxygens (including phenoxy) is 1. The molecule has 0 aliphatic heterocycles. The van der Waals surface area contributed by atoms with Gasteiger partial charge in [-0.15, -0.1) is 0 Å².